The summed E-state index contributed by atoms with van der Waals surface area (Å²) in [6, 6.07) is 11.8. The van der Waals surface area contributed by atoms with E-state index in [1.807, 2.05) is 26.0 Å². The lowest BCUT2D eigenvalue weighted by Gasteiger charge is -2.43. The molecule has 2 aromatic rings. The zero-order valence-electron chi connectivity index (χ0n) is 18.1. The number of rotatable bonds is 3. The van der Waals surface area contributed by atoms with E-state index in [-0.39, 0.29) is 23.5 Å². The molecule has 0 bridgehead atoms. The fourth-order valence-electron chi connectivity index (χ4n) is 4.64. The number of benzene rings is 2. The van der Waals surface area contributed by atoms with Gasteiger partial charge in [0, 0.05) is 35.7 Å². The molecule has 168 valence electrons. The van der Waals surface area contributed by atoms with Crippen molar-refractivity contribution in [3.05, 3.63) is 70.9 Å². The molecule has 1 atom stereocenters. The maximum absolute atomic E-state index is 13.3. The third-order valence-corrected chi connectivity index (χ3v) is 6.11. The van der Waals surface area contributed by atoms with Crippen LogP contribution in [0.4, 0.5) is 18.9 Å². The Hall–Kier alpha value is -3.09. The minimum atomic E-state index is -4.46. The number of carbonyl (C=O) groups is 2. The number of anilines is 1. The Morgan fingerprint density at radius 1 is 0.969 bits per heavy atom. The van der Waals surface area contributed by atoms with Crippen LogP contribution in [-0.4, -0.2) is 18.8 Å². The molecule has 32 heavy (non-hydrogen) atoms. The Morgan fingerprint density at radius 3 is 2.16 bits per heavy atom. The average Bonchev–Trinajstić information content (AvgIpc) is 2.71. The highest BCUT2D eigenvalue weighted by Gasteiger charge is 2.44. The van der Waals surface area contributed by atoms with Crippen LogP contribution in [0, 0.1) is 5.41 Å². The molecule has 4 rings (SSSR count). The van der Waals surface area contributed by atoms with Crippen molar-refractivity contribution in [1.29, 1.82) is 0 Å². The minimum absolute atomic E-state index is 0.0264. The molecule has 1 amide bonds. The predicted octanol–water partition coefficient (Wildman–Crippen LogP) is 5.88. The summed E-state index contributed by atoms with van der Waals surface area (Å²) in [5.74, 6) is 0.0154. The first kappa shape index (κ1) is 22.1. The lowest BCUT2D eigenvalue weighted by molar-refractivity contribution is -0.137. The van der Waals surface area contributed by atoms with Crippen molar-refractivity contribution in [2.75, 3.05) is 12.0 Å². The first-order valence-electron chi connectivity index (χ1n) is 10.4. The quantitative estimate of drug-likeness (QED) is 0.595. The maximum atomic E-state index is 13.3. The second-order valence-electron chi connectivity index (χ2n) is 9.10. The largest absolute Gasteiger partial charge is 0.497 e. The third-order valence-electron chi connectivity index (χ3n) is 6.11. The van der Waals surface area contributed by atoms with Crippen LogP contribution < -0.4 is 9.64 Å². The Labute approximate surface area is 184 Å². The molecule has 7 heteroatoms. The molecular weight excluding hydrogens is 419 g/mol. The minimum Gasteiger partial charge on any atom is -0.497 e. The Morgan fingerprint density at radius 2 is 1.59 bits per heavy atom. The molecule has 0 N–H and O–H groups in total. The smallest absolute Gasteiger partial charge is 0.416 e. The number of Topliss-reactive ketones (excluding diaryl/α,β-unsaturated/α-hetero) is 1. The highest BCUT2D eigenvalue weighted by atomic mass is 19.4. The van der Waals surface area contributed by atoms with Crippen molar-refractivity contribution < 1.29 is 27.5 Å². The average molecular weight is 443 g/mol. The van der Waals surface area contributed by atoms with Gasteiger partial charge in [-0.1, -0.05) is 26.0 Å². The van der Waals surface area contributed by atoms with Gasteiger partial charge in [-0.3, -0.25) is 14.5 Å². The van der Waals surface area contributed by atoms with Crippen LogP contribution >= 0.6 is 0 Å². The summed E-state index contributed by atoms with van der Waals surface area (Å²) >= 11 is 0. The van der Waals surface area contributed by atoms with Gasteiger partial charge in [0.05, 0.1) is 12.7 Å². The number of ketones is 1. The van der Waals surface area contributed by atoms with E-state index in [9.17, 15) is 22.8 Å². The summed E-state index contributed by atoms with van der Waals surface area (Å²) in [7, 11) is 1.56. The van der Waals surface area contributed by atoms with E-state index in [1.165, 1.54) is 17.0 Å². The number of nitrogens with zero attached hydrogens (tertiary/aromatic N) is 1. The van der Waals surface area contributed by atoms with Gasteiger partial charge in [-0.2, -0.15) is 13.2 Å². The topological polar surface area (TPSA) is 46.6 Å². The summed E-state index contributed by atoms with van der Waals surface area (Å²) in [6.45, 7) is 3.92. The van der Waals surface area contributed by atoms with Gasteiger partial charge in [-0.15, -0.1) is 0 Å². The molecule has 0 saturated heterocycles. The maximum Gasteiger partial charge on any atom is 0.416 e. The number of allylic oxidation sites excluding steroid dienone is 2. The van der Waals surface area contributed by atoms with E-state index in [2.05, 4.69) is 0 Å². The fraction of sp³-hybridized carbons (Fsp3) is 0.360. The summed E-state index contributed by atoms with van der Waals surface area (Å²) in [6.07, 6.45) is -3.56. The monoisotopic (exact) mass is 443 g/mol. The predicted molar refractivity (Wildman–Crippen MR) is 114 cm³/mol. The van der Waals surface area contributed by atoms with Gasteiger partial charge in [0.25, 0.3) is 0 Å². The van der Waals surface area contributed by atoms with Gasteiger partial charge < -0.3 is 4.74 Å². The number of halogens is 3. The normalized spacial score (nSPS) is 20.9. The van der Waals surface area contributed by atoms with Gasteiger partial charge in [0.1, 0.15) is 5.75 Å². The van der Waals surface area contributed by atoms with Crippen LogP contribution in [0.1, 0.15) is 50.2 Å². The summed E-state index contributed by atoms with van der Waals surface area (Å²) < 4.78 is 44.2. The molecule has 0 spiro atoms. The molecule has 0 aromatic heterocycles. The number of carbonyl (C=O) groups excluding carboxylic acids is 2. The van der Waals surface area contributed by atoms with Crippen LogP contribution in [0.5, 0.6) is 5.75 Å². The number of methoxy groups -OCH3 is 1. The second kappa shape index (κ2) is 7.80. The van der Waals surface area contributed by atoms with Crippen LogP contribution in [0.2, 0.25) is 0 Å². The zero-order chi connectivity index (χ0) is 23.3. The number of hydrogen-bond donors (Lipinski definition) is 0. The highest BCUT2D eigenvalue weighted by molar-refractivity contribution is 6.07. The van der Waals surface area contributed by atoms with Gasteiger partial charge in [-0.05, 0) is 53.8 Å². The van der Waals surface area contributed by atoms with E-state index in [0.717, 1.165) is 17.7 Å². The zero-order valence-corrected chi connectivity index (χ0v) is 18.1. The lowest BCUT2D eigenvalue weighted by Crippen LogP contribution is -2.43. The molecule has 0 fully saturated rings. The van der Waals surface area contributed by atoms with Crippen LogP contribution in [0.15, 0.2) is 59.8 Å². The molecule has 0 saturated carbocycles. The third kappa shape index (κ3) is 4.04. The van der Waals surface area contributed by atoms with Crippen molar-refractivity contribution in [3.8, 4) is 5.75 Å². The summed E-state index contributed by atoms with van der Waals surface area (Å²) in [4.78, 5) is 28.0. The Bertz CT molecular complexity index is 1080. The van der Waals surface area contributed by atoms with Crippen molar-refractivity contribution in [2.24, 2.45) is 5.41 Å². The summed E-state index contributed by atoms with van der Waals surface area (Å²) in [5, 5.41) is 0. The molecular formula is C25H24F3NO3. The fourth-order valence-corrected chi connectivity index (χ4v) is 4.64. The Kier molecular flexibility index (Phi) is 5.39. The standard InChI is InChI=1S/C25H24F3NO3/c1-24(2)13-20-23(21(30)14-24)19(15-4-10-18(32-3)11-5-15)12-22(31)29(20)17-8-6-16(7-9-17)25(26,27)28/h4-11,19H,12-14H2,1-3H3. The van der Waals surface area contributed by atoms with E-state index in [0.29, 0.717) is 35.5 Å². The van der Waals surface area contributed by atoms with E-state index >= 15 is 0 Å². The van der Waals surface area contributed by atoms with E-state index in [1.54, 1.807) is 19.2 Å². The summed E-state index contributed by atoms with van der Waals surface area (Å²) in [5.41, 5.74) is 1.21. The molecule has 1 aliphatic carbocycles. The van der Waals surface area contributed by atoms with Gasteiger partial charge in [0.2, 0.25) is 5.91 Å². The highest BCUT2D eigenvalue weighted by Crippen LogP contribution is 2.48. The Balaban J connectivity index is 1.82. The molecule has 0 radical (unpaired) electrons. The van der Waals surface area contributed by atoms with Crippen molar-refractivity contribution in [1.82, 2.24) is 0 Å². The SMILES string of the molecule is COc1ccc(C2CC(=O)N(c3ccc(C(F)(F)F)cc3)C3=C2C(=O)CC(C)(C)C3)cc1. The van der Waals surface area contributed by atoms with E-state index in [4.69, 9.17) is 4.74 Å². The number of amides is 1. The molecule has 1 aliphatic heterocycles. The first-order chi connectivity index (χ1) is 15.0. The lowest BCUT2D eigenvalue weighted by atomic mass is 9.69. The van der Waals surface area contributed by atoms with Crippen LogP contribution in [0.25, 0.3) is 0 Å². The number of ether oxygens (including phenoxy) is 1. The number of alkyl halides is 3. The first-order valence-corrected chi connectivity index (χ1v) is 10.4. The van der Waals surface area contributed by atoms with Gasteiger partial charge in [-0.25, -0.2) is 0 Å². The van der Waals surface area contributed by atoms with Crippen molar-refractivity contribution in [2.45, 2.75) is 45.2 Å². The molecule has 2 aliphatic rings. The van der Waals surface area contributed by atoms with Crippen molar-refractivity contribution in [3.63, 3.8) is 0 Å². The van der Waals surface area contributed by atoms with Crippen LogP contribution in [-0.2, 0) is 15.8 Å². The van der Waals surface area contributed by atoms with E-state index < -0.39 is 17.7 Å². The van der Waals surface area contributed by atoms with Crippen molar-refractivity contribution >= 4 is 17.4 Å². The molecule has 1 unspecified atom stereocenters. The van der Waals surface area contributed by atoms with Crippen LogP contribution in [0.3, 0.4) is 0 Å². The van der Waals surface area contributed by atoms with Gasteiger partial charge >= 0.3 is 6.18 Å². The molecule has 4 nitrogen and oxygen atoms in total. The second-order valence-corrected chi connectivity index (χ2v) is 9.10. The van der Waals surface area contributed by atoms with Gasteiger partial charge in [0.15, 0.2) is 5.78 Å². The molecule has 1 heterocycles. The number of hydrogen-bond acceptors (Lipinski definition) is 3. The molecule has 2 aromatic carbocycles.